The summed E-state index contributed by atoms with van der Waals surface area (Å²) < 4.78 is 0. The van der Waals surface area contributed by atoms with Gasteiger partial charge in [-0.2, -0.15) is 11.8 Å². The molecule has 2 heterocycles. The Morgan fingerprint density at radius 3 is 2.61 bits per heavy atom. The van der Waals surface area contributed by atoms with Gasteiger partial charge in [-0.25, -0.2) is 0 Å². The van der Waals surface area contributed by atoms with E-state index in [0.717, 1.165) is 37.8 Å². The molecule has 2 fully saturated rings. The first-order chi connectivity index (χ1) is 7.86. The molecule has 0 aromatic heterocycles. The summed E-state index contributed by atoms with van der Waals surface area (Å²) in [6.07, 6.45) is 0. The minimum Gasteiger partial charge on any atom is -0.353 e. The summed E-state index contributed by atoms with van der Waals surface area (Å²) >= 11 is 3.80. The van der Waals surface area contributed by atoms with E-state index in [9.17, 15) is 4.79 Å². The van der Waals surface area contributed by atoms with Gasteiger partial charge in [-0.1, -0.05) is 0 Å². The summed E-state index contributed by atoms with van der Waals surface area (Å²) in [7, 11) is 0. The van der Waals surface area contributed by atoms with Crippen molar-refractivity contribution in [1.29, 1.82) is 0 Å². The van der Waals surface area contributed by atoms with Gasteiger partial charge in [-0.15, -0.1) is 36.6 Å². The van der Waals surface area contributed by atoms with E-state index in [1.807, 2.05) is 11.8 Å². The van der Waals surface area contributed by atoms with Gasteiger partial charge >= 0.3 is 0 Å². The van der Waals surface area contributed by atoms with Crippen LogP contribution in [0.3, 0.4) is 0 Å². The van der Waals surface area contributed by atoms with Crippen molar-refractivity contribution in [1.82, 2.24) is 15.5 Å². The summed E-state index contributed by atoms with van der Waals surface area (Å²) in [5.41, 5.74) is 0. The van der Waals surface area contributed by atoms with E-state index in [1.54, 1.807) is 11.8 Å². The minimum absolute atomic E-state index is 0. The number of hydrogen-bond acceptors (Lipinski definition) is 5. The third-order valence-corrected chi connectivity index (χ3v) is 4.75. The SMILES string of the molecule is Cl.Cl.O=C(NCCN1CCSCC1)C1CSCN1. The molecule has 0 aromatic rings. The first-order valence-electron chi connectivity index (χ1n) is 5.75. The maximum Gasteiger partial charge on any atom is 0.238 e. The monoisotopic (exact) mass is 333 g/mol. The predicted molar refractivity (Wildman–Crippen MR) is 85.5 cm³/mol. The molecule has 2 N–H and O–H groups in total. The molecule has 1 unspecified atom stereocenters. The maximum atomic E-state index is 11.7. The van der Waals surface area contributed by atoms with Crippen molar-refractivity contribution in [3.8, 4) is 0 Å². The average Bonchev–Trinajstić information content (AvgIpc) is 2.84. The standard InChI is InChI=1S/C10H19N3OS2.2ClH/c14-10(9-7-16-8-12-9)11-1-2-13-3-5-15-6-4-13;;/h9,12H,1-8H2,(H,11,14);2*1H. The first-order valence-corrected chi connectivity index (χ1v) is 8.06. The number of halogens is 2. The van der Waals surface area contributed by atoms with E-state index < -0.39 is 0 Å². The maximum absolute atomic E-state index is 11.7. The lowest BCUT2D eigenvalue weighted by Crippen LogP contribution is -2.45. The Kier molecular flexibility index (Phi) is 10.8. The van der Waals surface area contributed by atoms with Crippen LogP contribution in [-0.4, -0.2) is 66.2 Å². The highest BCUT2D eigenvalue weighted by Crippen LogP contribution is 2.09. The first kappa shape index (κ1) is 18.7. The largest absolute Gasteiger partial charge is 0.353 e. The Labute approximate surface area is 130 Å². The van der Waals surface area contributed by atoms with Crippen LogP contribution in [0.25, 0.3) is 0 Å². The van der Waals surface area contributed by atoms with Gasteiger partial charge in [0.1, 0.15) is 0 Å². The van der Waals surface area contributed by atoms with Gasteiger partial charge in [0, 0.05) is 49.3 Å². The van der Waals surface area contributed by atoms with Gasteiger partial charge < -0.3 is 5.32 Å². The number of nitrogens with zero attached hydrogens (tertiary/aromatic N) is 1. The number of thioether (sulfide) groups is 2. The van der Waals surface area contributed by atoms with Crippen molar-refractivity contribution in [2.45, 2.75) is 6.04 Å². The van der Waals surface area contributed by atoms with Crippen LogP contribution in [0.15, 0.2) is 0 Å². The number of rotatable bonds is 4. The molecule has 2 saturated heterocycles. The Balaban J connectivity index is 0.00000144. The Hall–Kier alpha value is 0.670. The van der Waals surface area contributed by atoms with Crippen LogP contribution in [0.2, 0.25) is 0 Å². The molecule has 0 bridgehead atoms. The molecule has 2 aliphatic heterocycles. The smallest absolute Gasteiger partial charge is 0.238 e. The van der Waals surface area contributed by atoms with E-state index in [2.05, 4.69) is 15.5 Å². The van der Waals surface area contributed by atoms with Crippen LogP contribution in [-0.2, 0) is 4.79 Å². The highest BCUT2D eigenvalue weighted by Gasteiger charge is 2.22. The number of hydrogen-bond donors (Lipinski definition) is 2. The quantitative estimate of drug-likeness (QED) is 0.791. The van der Waals surface area contributed by atoms with Crippen molar-refractivity contribution in [2.75, 3.05) is 49.3 Å². The van der Waals surface area contributed by atoms with E-state index in [0.29, 0.717) is 0 Å². The molecule has 1 atom stereocenters. The summed E-state index contributed by atoms with van der Waals surface area (Å²) in [5, 5.41) is 6.19. The van der Waals surface area contributed by atoms with Crippen LogP contribution in [0, 0.1) is 0 Å². The molecule has 0 saturated carbocycles. The summed E-state index contributed by atoms with van der Waals surface area (Å²) in [5.74, 6) is 4.44. The fraction of sp³-hybridized carbons (Fsp3) is 0.900. The molecule has 0 radical (unpaired) electrons. The van der Waals surface area contributed by atoms with Crippen molar-refractivity contribution < 1.29 is 4.79 Å². The summed E-state index contributed by atoms with van der Waals surface area (Å²) in [6, 6.07) is 0.0295. The molecule has 18 heavy (non-hydrogen) atoms. The normalized spacial score (nSPS) is 23.9. The molecule has 0 aliphatic carbocycles. The fourth-order valence-electron chi connectivity index (χ4n) is 1.85. The summed E-state index contributed by atoms with van der Waals surface area (Å²) in [6.45, 7) is 4.11. The van der Waals surface area contributed by atoms with Gasteiger partial charge in [0.25, 0.3) is 0 Å². The van der Waals surface area contributed by atoms with Crippen molar-refractivity contribution in [3.05, 3.63) is 0 Å². The predicted octanol–water partition coefficient (Wildman–Crippen LogP) is 0.657. The number of carbonyl (C=O) groups is 1. The zero-order chi connectivity index (χ0) is 11.2. The molecule has 2 rings (SSSR count). The van der Waals surface area contributed by atoms with Crippen LogP contribution in [0.5, 0.6) is 0 Å². The number of amides is 1. The summed E-state index contributed by atoms with van der Waals surface area (Å²) in [4.78, 5) is 14.1. The topological polar surface area (TPSA) is 44.4 Å². The lowest BCUT2D eigenvalue weighted by atomic mass is 10.3. The molecular formula is C10H21Cl2N3OS2. The Morgan fingerprint density at radius 1 is 1.28 bits per heavy atom. The van der Waals surface area contributed by atoms with Gasteiger partial charge in [-0.05, 0) is 0 Å². The molecular weight excluding hydrogens is 313 g/mol. The fourth-order valence-corrected chi connectivity index (χ4v) is 3.77. The number of carbonyl (C=O) groups excluding carboxylic acids is 1. The lowest BCUT2D eigenvalue weighted by Gasteiger charge is -2.26. The van der Waals surface area contributed by atoms with Crippen LogP contribution >= 0.6 is 48.3 Å². The van der Waals surface area contributed by atoms with Crippen molar-refractivity contribution in [3.63, 3.8) is 0 Å². The highest BCUT2D eigenvalue weighted by atomic mass is 35.5. The van der Waals surface area contributed by atoms with Crippen LogP contribution < -0.4 is 10.6 Å². The van der Waals surface area contributed by atoms with E-state index >= 15 is 0 Å². The molecule has 108 valence electrons. The second kappa shape index (κ2) is 10.5. The van der Waals surface area contributed by atoms with E-state index in [1.165, 1.54) is 11.5 Å². The Morgan fingerprint density at radius 2 is 2.00 bits per heavy atom. The van der Waals surface area contributed by atoms with E-state index in [-0.39, 0.29) is 36.8 Å². The zero-order valence-electron chi connectivity index (χ0n) is 10.2. The van der Waals surface area contributed by atoms with Crippen LogP contribution in [0.1, 0.15) is 0 Å². The molecule has 0 aromatic carbocycles. The second-order valence-corrected chi connectivity index (χ2v) is 6.27. The van der Waals surface area contributed by atoms with Gasteiger partial charge in [0.2, 0.25) is 5.91 Å². The van der Waals surface area contributed by atoms with E-state index in [4.69, 9.17) is 0 Å². The number of nitrogens with one attached hydrogen (secondary N) is 2. The lowest BCUT2D eigenvalue weighted by molar-refractivity contribution is -0.122. The minimum atomic E-state index is 0. The van der Waals surface area contributed by atoms with Crippen molar-refractivity contribution in [2.24, 2.45) is 0 Å². The molecule has 8 heteroatoms. The molecule has 2 aliphatic rings. The second-order valence-electron chi connectivity index (χ2n) is 4.02. The van der Waals surface area contributed by atoms with Gasteiger partial charge in [0.05, 0.1) is 6.04 Å². The third-order valence-electron chi connectivity index (χ3n) is 2.86. The Bertz CT molecular complexity index is 237. The van der Waals surface area contributed by atoms with Crippen LogP contribution in [0.4, 0.5) is 0 Å². The molecule has 4 nitrogen and oxygen atoms in total. The van der Waals surface area contributed by atoms with Gasteiger partial charge in [-0.3, -0.25) is 15.0 Å². The molecule has 0 spiro atoms. The highest BCUT2D eigenvalue weighted by molar-refractivity contribution is 7.99. The third kappa shape index (κ3) is 6.21. The molecule has 1 amide bonds. The van der Waals surface area contributed by atoms with Crippen molar-refractivity contribution >= 4 is 54.2 Å². The zero-order valence-corrected chi connectivity index (χ0v) is 13.5. The van der Waals surface area contributed by atoms with Gasteiger partial charge in [0.15, 0.2) is 0 Å². The average molecular weight is 334 g/mol.